The van der Waals surface area contributed by atoms with E-state index >= 15 is 0 Å². The Bertz CT molecular complexity index is 620. The first kappa shape index (κ1) is 23.7. The van der Waals surface area contributed by atoms with Gasteiger partial charge >= 0.3 is 18.1 Å². The highest BCUT2D eigenvalue weighted by Gasteiger charge is 2.38. The van der Waals surface area contributed by atoms with Crippen molar-refractivity contribution in [2.24, 2.45) is 5.92 Å². The summed E-state index contributed by atoms with van der Waals surface area (Å²) in [7, 11) is 0. The van der Waals surface area contributed by atoms with Crippen LogP contribution in [0.3, 0.4) is 0 Å². The van der Waals surface area contributed by atoms with Crippen molar-refractivity contribution in [3.05, 3.63) is 24.4 Å². The maximum absolute atomic E-state index is 11.1. The van der Waals surface area contributed by atoms with Gasteiger partial charge in [-0.25, -0.2) is 9.78 Å². The minimum absolute atomic E-state index is 0.399. The largest absolute Gasteiger partial charge is 0.490 e. The van der Waals surface area contributed by atoms with E-state index < -0.39 is 24.2 Å². The minimum atomic E-state index is -5.08. The number of halogens is 3. The van der Waals surface area contributed by atoms with Crippen LogP contribution in [0.25, 0.3) is 0 Å². The first-order chi connectivity index (χ1) is 13.1. The quantitative estimate of drug-likeness (QED) is 0.752. The third-order valence-electron chi connectivity index (χ3n) is 4.63. The smallest absolute Gasteiger partial charge is 0.480 e. The molecule has 0 radical (unpaired) electrons. The van der Waals surface area contributed by atoms with Crippen LogP contribution >= 0.6 is 0 Å². The highest BCUT2D eigenvalue weighted by Crippen LogP contribution is 2.22. The summed E-state index contributed by atoms with van der Waals surface area (Å²) in [5, 5.41) is 16.3. The van der Waals surface area contributed by atoms with Crippen LogP contribution in [0.1, 0.15) is 26.7 Å². The molecule has 1 aromatic rings. The molecule has 10 heteroatoms. The zero-order valence-electron chi connectivity index (χ0n) is 15.9. The molecule has 28 heavy (non-hydrogen) atoms. The standard InChI is InChI=1S/C16H25N3O2.C2HF3O2/c1-3-18(13(2)16(20)21)12-14-7-10-19(11-8-14)15-6-4-5-9-17-15;3-2(4,5)1(6)7/h4-6,9,13-14H,3,7-8,10-12H2,1-2H3,(H,20,21);(H,6,7). The van der Waals surface area contributed by atoms with Gasteiger partial charge in [0.05, 0.1) is 0 Å². The highest BCUT2D eigenvalue weighted by atomic mass is 19.4. The molecule has 2 heterocycles. The van der Waals surface area contributed by atoms with Gasteiger partial charge in [0.25, 0.3) is 0 Å². The number of hydrogen-bond donors (Lipinski definition) is 2. The third-order valence-corrected chi connectivity index (χ3v) is 4.63. The Kier molecular flexibility index (Phi) is 9.17. The van der Waals surface area contributed by atoms with Crippen molar-refractivity contribution in [3.8, 4) is 0 Å². The highest BCUT2D eigenvalue weighted by molar-refractivity contribution is 5.73. The summed E-state index contributed by atoms with van der Waals surface area (Å²) in [6, 6.07) is 5.60. The average Bonchev–Trinajstić information content (AvgIpc) is 2.66. The van der Waals surface area contributed by atoms with Gasteiger partial charge in [-0.05, 0) is 44.4 Å². The van der Waals surface area contributed by atoms with E-state index in [0.29, 0.717) is 5.92 Å². The van der Waals surface area contributed by atoms with Crippen molar-refractivity contribution >= 4 is 17.8 Å². The summed E-state index contributed by atoms with van der Waals surface area (Å²) in [6.07, 6.45) is -1.06. The summed E-state index contributed by atoms with van der Waals surface area (Å²) in [4.78, 5) is 28.8. The van der Waals surface area contributed by atoms with Gasteiger partial charge in [0, 0.05) is 25.8 Å². The fourth-order valence-corrected chi connectivity index (χ4v) is 2.93. The van der Waals surface area contributed by atoms with Crippen LogP contribution in [0.2, 0.25) is 0 Å². The van der Waals surface area contributed by atoms with E-state index in [9.17, 15) is 18.0 Å². The van der Waals surface area contributed by atoms with Crippen LogP contribution in [0.15, 0.2) is 24.4 Å². The molecule has 1 aromatic heterocycles. The van der Waals surface area contributed by atoms with Crippen LogP contribution in [0.4, 0.5) is 19.0 Å². The summed E-state index contributed by atoms with van der Waals surface area (Å²) >= 11 is 0. The second-order valence-electron chi connectivity index (χ2n) is 6.52. The summed E-state index contributed by atoms with van der Waals surface area (Å²) in [6.45, 7) is 7.46. The second-order valence-corrected chi connectivity index (χ2v) is 6.52. The second kappa shape index (κ2) is 10.8. The number of carboxylic acids is 2. The Morgan fingerprint density at radius 3 is 2.25 bits per heavy atom. The first-order valence-corrected chi connectivity index (χ1v) is 8.99. The van der Waals surface area contributed by atoms with Gasteiger partial charge in [0.15, 0.2) is 0 Å². The Balaban J connectivity index is 0.000000480. The molecule has 1 aliphatic rings. The third kappa shape index (κ3) is 7.71. The number of nitrogens with zero attached hydrogens (tertiary/aromatic N) is 3. The molecule has 1 saturated heterocycles. The van der Waals surface area contributed by atoms with Gasteiger partial charge in [-0.3, -0.25) is 9.69 Å². The fraction of sp³-hybridized carbons (Fsp3) is 0.611. The molecule has 2 N–H and O–H groups in total. The van der Waals surface area contributed by atoms with Crippen LogP contribution in [-0.2, 0) is 9.59 Å². The number of piperidine rings is 1. The van der Waals surface area contributed by atoms with Crippen LogP contribution in [0, 0.1) is 5.92 Å². The summed E-state index contributed by atoms with van der Waals surface area (Å²) in [5.74, 6) is -1.87. The molecule has 1 atom stereocenters. The first-order valence-electron chi connectivity index (χ1n) is 8.99. The number of aromatic nitrogens is 1. The molecule has 2 rings (SSSR count). The summed E-state index contributed by atoms with van der Waals surface area (Å²) in [5.41, 5.74) is 0. The number of carboxylic acid groups (broad SMARTS) is 2. The van der Waals surface area contributed by atoms with Gasteiger partial charge < -0.3 is 15.1 Å². The predicted octanol–water partition coefficient (Wildman–Crippen LogP) is 2.73. The maximum atomic E-state index is 11.1. The lowest BCUT2D eigenvalue weighted by Gasteiger charge is -2.36. The van der Waals surface area contributed by atoms with Crippen molar-refractivity contribution < 1.29 is 33.0 Å². The number of anilines is 1. The normalized spacial score (nSPS) is 16.3. The lowest BCUT2D eigenvalue weighted by atomic mass is 9.95. The van der Waals surface area contributed by atoms with Crippen LogP contribution < -0.4 is 4.90 Å². The predicted molar refractivity (Wildman–Crippen MR) is 97.2 cm³/mol. The monoisotopic (exact) mass is 405 g/mol. The molecule has 1 unspecified atom stereocenters. The van der Waals surface area contributed by atoms with Gasteiger partial charge in [0.2, 0.25) is 0 Å². The molecular formula is C18H26F3N3O4. The number of hydrogen-bond acceptors (Lipinski definition) is 5. The Hall–Kier alpha value is -2.36. The lowest BCUT2D eigenvalue weighted by Crippen LogP contribution is -2.44. The van der Waals surface area contributed by atoms with Crippen molar-refractivity contribution in [2.75, 3.05) is 31.1 Å². The van der Waals surface area contributed by atoms with E-state index in [1.807, 2.05) is 31.3 Å². The Morgan fingerprint density at radius 1 is 1.29 bits per heavy atom. The average molecular weight is 405 g/mol. The van der Waals surface area contributed by atoms with E-state index in [1.165, 1.54) is 0 Å². The molecule has 158 valence electrons. The van der Waals surface area contributed by atoms with Crippen molar-refractivity contribution in [2.45, 2.75) is 38.9 Å². The SMILES string of the molecule is CCN(CC1CCN(c2ccccn2)CC1)C(C)C(=O)O.O=C(O)C(F)(F)F. The molecule has 1 aliphatic heterocycles. The number of carbonyl (C=O) groups is 2. The molecule has 0 spiro atoms. The lowest BCUT2D eigenvalue weighted by molar-refractivity contribution is -0.192. The number of rotatable bonds is 6. The molecule has 1 fully saturated rings. The topological polar surface area (TPSA) is 94.0 Å². The van der Waals surface area contributed by atoms with Crippen molar-refractivity contribution in [1.82, 2.24) is 9.88 Å². The molecule has 7 nitrogen and oxygen atoms in total. The zero-order valence-corrected chi connectivity index (χ0v) is 15.9. The number of alkyl halides is 3. The van der Waals surface area contributed by atoms with E-state index in [4.69, 9.17) is 15.0 Å². The molecule has 0 bridgehead atoms. The van der Waals surface area contributed by atoms with E-state index in [2.05, 4.69) is 14.8 Å². The molecular weight excluding hydrogens is 379 g/mol. The van der Waals surface area contributed by atoms with E-state index in [1.54, 1.807) is 6.92 Å². The van der Waals surface area contributed by atoms with Crippen LogP contribution in [-0.4, -0.2) is 70.4 Å². The minimum Gasteiger partial charge on any atom is -0.480 e. The van der Waals surface area contributed by atoms with Gasteiger partial charge in [-0.1, -0.05) is 13.0 Å². The number of pyridine rings is 1. The van der Waals surface area contributed by atoms with Gasteiger partial charge in [0.1, 0.15) is 11.9 Å². The van der Waals surface area contributed by atoms with Crippen molar-refractivity contribution in [1.29, 1.82) is 0 Å². The number of likely N-dealkylation sites (N-methyl/N-ethyl adjacent to an activating group) is 1. The van der Waals surface area contributed by atoms with Crippen molar-refractivity contribution in [3.63, 3.8) is 0 Å². The Morgan fingerprint density at radius 2 is 1.86 bits per heavy atom. The van der Waals surface area contributed by atoms with E-state index in [-0.39, 0.29) is 0 Å². The zero-order chi connectivity index (χ0) is 21.3. The molecule has 0 aromatic carbocycles. The van der Waals surface area contributed by atoms with Crippen LogP contribution in [0.5, 0.6) is 0 Å². The van der Waals surface area contributed by atoms with Gasteiger partial charge in [-0.2, -0.15) is 13.2 Å². The fourth-order valence-electron chi connectivity index (χ4n) is 2.93. The number of aliphatic carboxylic acids is 2. The molecule has 0 saturated carbocycles. The van der Waals surface area contributed by atoms with Gasteiger partial charge in [-0.15, -0.1) is 0 Å². The molecule has 0 amide bonds. The maximum Gasteiger partial charge on any atom is 0.490 e. The Labute approximate surface area is 161 Å². The molecule has 0 aliphatic carbocycles. The van der Waals surface area contributed by atoms with E-state index in [0.717, 1.165) is 44.8 Å². The summed E-state index contributed by atoms with van der Waals surface area (Å²) < 4.78 is 31.7.